The van der Waals surface area contributed by atoms with Crippen LogP contribution in [-0.4, -0.2) is 81.5 Å². The van der Waals surface area contributed by atoms with Gasteiger partial charge < -0.3 is 20.0 Å². The average Bonchev–Trinajstić information content (AvgIpc) is 3.41. The molecule has 0 bridgehead atoms. The minimum absolute atomic E-state index is 0.0456. The molecular formula is C35H49N5O3. The molecule has 0 radical (unpaired) electrons. The number of pyridine rings is 2. The molecule has 0 aromatic carbocycles. The van der Waals surface area contributed by atoms with Crippen molar-refractivity contribution in [2.24, 2.45) is 16.3 Å². The van der Waals surface area contributed by atoms with E-state index in [1.807, 2.05) is 6.20 Å². The fourth-order valence-corrected chi connectivity index (χ4v) is 7.30. The smallest absolute Gasteiger partial charge is 0.178 e. The maximum absolute atomic E-state index is 13.8. The highest BCUT2D eigenvalue weighted by Crippen LogP contribution is 2.39. The minimum Gasteiger partial charge on any atom is -0.393 e. The molecule has 0 amide bonds. The van der Waals surface area contributed by atoms with E-state index in [2.05, 4.69) is 48.8 Å². The molecule has 2 aromatic heterocycles. The van der Waals surface area contributed by atoms with Gasteiger partial charge in [0.2, 0.25) is 0 Å². The number of likely N-dealkylation sites (tertiary alicyclic amines) is 1. The monoisotopic (exact) mass is 587 g/mol. The molecule has 8 heteroatoms. The Hall–Kier alpha value is -2.68. The van der Waals surface area contributed by atoms with Gasteiger partial charge in [-0.25, -0.2) is 9.98 Å². The Bertz CT molecular complexity index is 1320. The Balaban J connectivity index is 1.16. The Morgan fingerprint density at radius 3 is 2.40 bits per heavy atom. The summed E-state index contributed by atoms with van der Waals surface area (Å²) in [6.45, 7) is 11.3. The van der Waals surface area contributed by atoms with Gasteiger partial charge in [-0.2, -0.15) is 0 Å². The predicted molar refractivity (Wildman–Crippen MR) is 170 cm³/mol. The lowest BCUT2D eigenvalue weighted by Gasteiger charge is -2.34. The number of aromatic nitrogens is 2. The lowest BCUT2D eigenvalue weighted by Crippen LogP contribution is -2.37. The molecule has 0 unspecified atom stereocenters. The molecule has 2 aromatic rings. The summed E-state index contributed by atoms with van der Waals surface area (Å²) in [7, 11) is 0. The Morgan fingerprint density at radius 2 is 1.72 bits per heavy atom. The van der Waals surface area contributed by atoms with Crippen molar-refractivity contribution in [2.45, 2.75) is 103 Å². The molecule has 0 spiro atoms. The number of rotatable bonds is 8. The number of ketones is 1. The molecule has 5 heterocycles. The van der Waals surface area contributed by atoms with Crippen LogP contribution in [-0.2, 0) is 24.1 Å². The molecule has 3 aliphatic heterocycles. The first kappa shape index (κ1) is 30.4. The summed E-state index contributed by atoms with van der Waals surface area (Å²) in [5.41, 5.74) is 6.34. The Kier molecular flexibility index (Phi) is 8.99. The van der Waals surface area contributed by atoms with Crippen molar-refractivity contribution < 1.29 is 15.0 Å². The number of fused-ring (bicyclic) bond motifs is 2. The van der Waals surface area contributed by atoms with E-state index in [0.29, 0.717) is 24.5 Å². The van der Waals surface area contributed by atoms with E-state index in [4.69, 9.17) is 15.0 Å². The lowest BCUT2D eigenvalue weighted by molar-refractivity contribution is -0.113. The van der Waals surface area contributed by atoms with Crippen LogP contribution in [0.25, 0.3) is 0 Å². The number of aliphatic hydroxyl groups excluding tert-OH is 2. The summed E-state index contributed by atoms with van der Waals surface area (Å²) in [5, 5.41) is 19.8. The van der Waals surface area contributed by atoms with Gasteiger partial charge in [-0.3, -0.25) is 9.78 Å². The summed E-state index contributed by atoms with van der Waals surface area (Å²) in [6, 6.07) is 6.42. The third-order valence-electron chi connectivity index (χ3n) is 10.4. The van der Waals surface area contributed by atoms with E-state index in [1.165, 1.54) is 17.7 Å². The van der Waals surface area contributed by atoms with Crippen LogP contribution in [0.2, 0.25) is 0 Å². The summed E-state index contributed by atoms with van der Waals surface area (Å²) >= 11 is 0. The second kappa shape index (κ2) is 12.7. The van der Waals surface area contributed by atoms with Gasteiger partial charge in [0.05, 0.1) is 29.3 Å². The normalized spacial score (nSPS) is 22.7. The third kappa shape index (κ3) is 7.18. The summed E-state index contributed by atoms with van der Waals surface area (Å²) in [5.74, 6) is 1.72. The highest BCUT2D eigenvalue weighted by Gasteiger charge is 2.32. The first-order valence-electron chi connectivity index (χ1n) is 16.5. The van der Waals surface area contributed by atoms with Gasteiger partial charge in [-0.05, 0) is 98.4 Å². The zero-order valence-corrected chi connectivity index (χ0v) is 26.3. The van der Waals surface area contributed by atoms with E-state index in [0.717, 1.165) is 100 Å². The van der Waals surface area contributed by atoms with Crippen LogP contribution in [0.3, 0.4) is 0 Å². The van der Waals surface area contributed by atoms with Crippen LogP contribution in [0.5, 0.6) is 0 Å². The molecule has 2 fully saturated rings. The van der Waals surface area contributed by atoms with Crippen molar-refractivity contribution in [3.63, 3.8) is 0 Å². The standard InChI is InChI=1S/C35H49N5O3/c1-35(2,3)26-5-6-29-25(18-26)19-30-31(37-29)21-32(38-30)33(43)20-23(8-13-39-14-9-27(41)10-15-39)24-4-7-34(36-22-24)40-16-11-28(42)12-17-40/h4,7,19,22-23,26-28,41-42H,5-6,8-18,20-21H2,1-3H3/t23-,26-/m0/s1. The molecule has 2 saturated heterocycles. The fraction of sp³-hybridized carbons (Fsp3) is 0.657. The zero-order chi connectivity index (χ0) is 30.1. The molecule has 232 valence electrons. The number of piperidine rings is 2. The number of nitrogens with zero attached hydrogens (tertiary/aromatic N) is 5. The number of hydrogen-bond acceptors (Lipinski definition) is 8. The van der Waals surface area contributed by atoms with Crippen LogP contribution in [0.1, 0.15) is 94.1 Å². The molecular weight excluding hydrogens is 538 g/mol. The van der Waals surface area contributed by atoms with Gasteiger partial charge in [-0.15, -0.1) is 0 Å². The summed E-state index contributed by atoms with van der Waals surface area (Å²) in [4.78, 5) is 33.1. The van der Waals surface area contributed by atoms with E-state index < -0.39 is 0 Å². The van der Waals surface area contributed by atoms with Gasteiger partial charge in [0.15, 0.2) is 5.78 Å². The van der Waals surface area contributed by atoms with Crippen LogP contribution in [0, 0.1) is 11.3 Å². The molecule has 2 N–H and O–H groups in total. The predicted octanol–water partition coefficient (Wildman–Crippen LogP) is 4.81. The molecule has 43 heavy (non-hydrogen) atoms. The second-order valence-corrected chi connectivity index (χ2v) is 14.5. The number of anilines is 1. The second-order valence-electron chi connectivity index (χ2n) is 14.5. The number of carbonyl (C=O) groups excluding carboxylic acids is 1. The van der Waals surface area contributed by atoms with Crippen molar-refractivity contribution in [2.75, 3.05) is 37.6 Å². The van der Waals surface area contributed by atoms with Crippen molar-refractivity contribution in [1.82, 2.24) is 14.9 Å². The van der Waals surface area contributed by atoms with Crippen LogP contribution >= 0.6 is 0 Å². The largest absolute Gasteiger partial charge is 0.393 e. The third-order valence-corrected chi connectivity index (χ3v) is 10.4. The molecule has 2 atom stereocenters. The molecule has 4 aliphatic rings. The van der Waals surface area contributed by atoms with E-state index >= 15 is 0 Å². The van der Waals surface area contributed by atoms with E-state index in [9.17, 15) is 15.0 Å². The number of aryl methyl sites for hydroxylation is 1. The molecule has 0 saturated carbocycles. The van der Waals surface area contributed by atoms with Crippen LogP contribution in [0.4, 0.5) is 11.5 Å². The van der Waals surface area contributed by atoms with Crippen LogP contribution < -0.4 is 4.90 Å². The fourth-order valence-electron chi connectivity index (χ4n) is 7.30. The number of hydrogen-bond donors (Lipinski definition) is 2. The van der Waals surface area contributed by atoms with E-state index in [1.54, 1.807) is 0 Å². The van der Waals surface area contributed by atoms with Crippen LogP contribution in [0.15, 0.2) is 29.4 Å². The average molecular weight is 588 g/mol. The first-order valence-corrected chi connectivity index (χ1v) is 16.5. The highest BCUT2D eigenvalue weighted by atomic mass is 16.3. The number of aliphatic imine (C=N–C) groups is 1. The van der Waals surface area contributed by atoms with Gasteiger partial charge >= 0.3 is 0 Å². The van der Waals surface area contributed by atoms with Crippen molar-refractivity contribution in [3.8, 4) is 0 Å². The van der Waals surface area contributed by atoms with E-state index in [-0.39, 0.29) is 29.3 Å². The molecule has 6 rings (SSSR count). The summed E-state index contributed by atoms with van der Waals surface area (Å²) < 4.78 is 0. The minimum atomic E-state index is -0.215. The highest BCUT2D eigenvalue weighted by molar-refractivity contribution is 6.41. The number of Topliss-reactive ketones (excluding diaryl/α,β-unsaturated/α-hetero) is 1. The van der Waals surface area contributed by atoms with Gasteiger partial charge in [-0.1, -0.05) is 26.8 Å². The quantitative estimate of drug-likeness (QED) is 0.457. The maximum atomic E-state index is 13.8. The summed E-state index contributed by atoms with van der Waals surface area (Å²) in [6.07, 6.45) is 9.71. The topological polar surface area (TPSA) is 102 Å². The van der Waals surface area contributed by atoms with Crippen molar-refractivity contribution in [3.05, 3.63) is 46.9 Å². The Morgan fingerprint density at radius 1 is 1.00 bits per heavy atom. The maximum Gasteiger partial charge on any atom is 0.178 e. The number of carbonyl (C=O) groups is 1. The van der Waals surface area contributed by atoms with Crippen molar-refractivity contribution >= 4 is 23.0 Å². The van der Waals surface area contributed by atoms with Crippen molar-refractivity contribution in [1.29, 1.82) is 0 Å². The van der Waals surface area contributed by atoms with Gasteiger partial charge in [0.25, 0.3) is 0 Å². The SMILES string of the molecule is CC(C)(C)[C@H]1CCc2nc3c(cc2C1)N=C(C(=O)C[C@H](CCN1CCC(O)CC1)c1ccc(N2CCC(O)CC2)nc1)C3. The van der Waals surface area contributed by atoms with Gasteiger partial charge in [0, 0.05) is 50.9 Å². The zero-order valence-electron chi connectivity index (χ0n) is 26.3. The molecule has 1 aliphatic carbocycles. The Labute approximate surface area is 256 Å². The first-order chi connectivity index (χ1) is 20.6. The molecule has 8 nitrogen and oxygen atoms in total. The van der Waals surface area contributed by atoms with Gasteiger partial charge in [0.1, 0.15) is 5.82 Å². The lowest BCUT2D eigenvalue weighted by atomic mass is 9.71. The number of aliphatic hydroxyl groups is 2.